The van der Waals surface area contributed by atoms with Gasteiger partial charge in [-0.25, -0.2) is 0 Å². The van der Waals surface area contributed by atoms with Crippen molar-refractivity contribution in [1.82, 2.24) is 9.80 Å². The molecule has 0 spiro atoms. The molecule has 1 fully saturated rings. The Morgan fingerprint density at radius 3 is 2.79 bits per heavy atom. The second kappa shape index (κ2) is 7.63. The second-order valence-corrected chi connectivity index (χ2v) is 5.37. The molecule has 0 unspecified atom stereocenters. The van der Waals surface area contributed by atoms with Crippen LogP contribution in [0, 0.1) is 0 Å². The van der Waals surface area contributed by atoms with E-state index in [2.05, 4.69) is 47.1 Å². The molecule has 1 atom stereocenters. The van der Waals surface area contributed by atoms with Crippen LogP contribution >= 0.6 is 0 Å². The van der Waals surface area contributed by atoms with Crippen molar-refractivity contribution in [2.75, 3.05) is 32.8 Å². The van der Waals surface area contributed by atoms with Crippen LogP contribution in [0.3, 0.4) is 0 Å². The van der Waals surface area contributed by atoms with E-state index in [4.69, 9.17) is 5.11 Å². The van der Waals surface area contributed by atoms with Crippen LogP contribution in [-0.2, 0) is 6.54 Å². The van der Waals surface area contributed by atoms with E-state index in [0.29, 0.717) is 6.04 Å². The summed E-state index contributed by atoms with van der Waals surface area (Å²) in [6.07, 6.45) is 2.54. The molecule has 19 heavy (non-hydrogen) atoms. The highest BCUT2D eigenvalue weighted by atomic mass is 16.3. The maximum atomic E-state index is 9.12. The Bertz CT molecular complexity index is 355. The number of rotatable bonds is 7. The van der Waals surface area contributed by atoms with Gasteiger partial charge >= 0.3 is 0 Å². The van der Waals surface area contributed by atoms with Gasteiger partial charge in [0.1, 0.15) is 0 Å². The molecule has 1 saturated heterocycles. The van der Waals surface area contributed by atoms with Gasteiger partial charge in [-0.05, 0) is 31.5 Å². The number of β-amino-alcohol motifs (C(OH)–C–C–N with tert-alkyl or cyclic N) is 1. The third-order valence-electron chi connectivity index (χ3n) is 4.05. The molecule has 1 aliphatic heterocycles. The molecule has 3 nitrogen and oxygen atoms in total. The fourth-order valence-electron chi connectivity index (χ4n) is 2.97. The van der Waals surface area contributed by atoms with Gasteiger partial charge in [-0.15, -0.1) is 0 Å². The van der Waals surface area contributed by atoms with Gasteiger partial charge in [0.25, 0.3) is 0 Å². The summed E-state index contributed by atoms with van der Waals surface area (Å²) in [6.45, 7) is 7.71. The van der Waals surface area contributed by atoms with Crippen LogP contribution in [0.2, 0.25) is 0 Å². The number of likely N-dealkylation sites (N-methyl/N-ethyl adjacent to an activating group) is 1. The molecule has 0 aliphatic carbocycles. The van der Waals surface area contributed by atoms with Crippen LogP contribution in [0.4, 0.5) is 0 Å². The molecule has 1 aromatic carbocycles. The fourth-order valence-corrected chi connectivity index (χ4v) is 2.97. The number of nitrogens with zero attached hydrogens (tertiary/aromatic N) is 2. The first-order chi connectivity index (χ1) is 9.33. The van der Waals surface area contributed by atoms with Crippen molar-refractivity contribution in [2.24, 2.45) is 0 Å². The van der Waals surface area contributed by atoms with E-state index in [-0.39, 0.29) is 6.61 Å². The van der Waals surface area contributed by atoms with Crippen LogP contribution in [0.25, 0.3) is 0 Å². The van der Waals surface area contributed by atoms with Crippen LogP contribution in [0.15, 0.2) is 30.3 Å². The van der Waals surface area contributed by atoms with E-state index in [0.717, 1.165) is 32.7 Å². The van der Waals surface area contributed by atoms with Crippen molar-refractivity contribution in [1.29, 1.82) is 0 Å². The van der Waals surface area contributed by atoms with Crippen molar-refractivity contribution in [2.45, 2.75) is 32.4 Å². The summed E-state index contributed by atoms with van der Waals surface area (Å²) in [5, 5.41) is 9.12. The topological polar surface area (TPSA) is 26.7 Å². The molecule has 0 radical (unpaired) electrons. The molecule has 0 bridgehead atoms. The normalized spacial score (nSPS) is 20.3. The van der Waals surface area contributed by atoms with Crippen LogP contribution in [0.5, 0.6) is 0 Å². The SMILES string of the molecule is CCN(Cc1ccccc1)C[C@@H]1CCCN1CCO. The third-order valence-corrected chi connectivity index (χ3v) is 4.05. The average Bonchev–Trinajstić information content (AvgIpc) is 2.87. The molecule has 106 valence electrons. The van der Waals surface area contributed by atoms with Gasteiger partial charge in [0, 0.05) is 25.7 Å². The minimum Gasteiger partial charge on any atom is -0.395 e. The van der Waals surface area contributed by atoms with Gasteiger partial charge in [-0.3, -0.25) is 9.80 Å². The number of hydrogen-bond donors (Lipinski definition) is 1. The maximum absolute atomic E-state index is 9.12. The van der Waals surface area contributed by atoms with E-state index in [1.165, 1.54) is 18.4 Å². The van der Waals surface area contributed by atoms with Crippen LogP contribution in [0.1, 0.15) is 25.3 Å². The number of aliphatic hydroxyl groups excluding tert-OH is 1. The molecule has 0 amide bonds. The van der Waals surface area contributed by atoms with Gasteiger partial charge in [0.15, 0.2) is 0 Å². The Kier molecular flexibility index (Phi) is 5.83. The lowest BCUT2D eigenvalue weighted by Gasteiger charge is -2.29. The largest absolute Gasteiger partial charge is 0.395 e. The summed E-state index contributed by atoms with van der Waals surface area (Å²) in [4.78, 5) is 4.95. The molecule has 2 rings (SSSR count). The molecule has 1 aromatic rings. The first-order valence-electron chi connectivity index (χ1n) is 7.44. The Morgan fingerprint density at radius 2 is 2.11 bits per heavy atom. The Labute approximate surface area is 116 Å². The van der Waals surface area contributed by atoms with Gasteiger partial charge in [-0.2, -0.15) is 0 Å². The standard InChI is InChI=1S/C16H26N2O/c1-2-17(13-15-7-4-3-5-8-15)14-16-9-6-10-18(16)11-12-19/h3-5,7-8,16,19H,2,6,9-14H2,1H3/t16-/m0/s1. The zero-order valence-electron chi connectivity index (χ0n) is 12.0. The van der Waals surface area contributed by atoms with Gasteiger partial charge < -0.3 is 5.11 Å². The molecular weight excluding hydrogens is 236 g/mol. The van der Waals surface area contributed by atoms with E-state index < -0.39 is 0 Å². The lowest BCUT2D eigenvalue weighted by molar-refractivity contribution is 0.144. The van der Waals surface area contributed by atoms with Gasteiger partial charge in [0.05, 0.1) is 6.61 Å². The number of aliphatic hydroxyl groups is 1. The van der Waals surface area contributed by atoms with Crippen molar-refractivity contribution in [3.63, 3.8) is 0 Å². The Morgan fingerprint density at radius 1 is 1.32 bits per heavy atom. The van der Waals surface area contributed by atoms with E-state index >= 15 is 0 Å². The lowest BCUT2D eigenvalue weighted by Crippen LogP contribution is -2.41. The van der Waals surface area contributed by atoms with Crippen molar-refractivity contribution < 1.29 is 5.11 Å². The molecule has 0 aromatic heterocycles. The van der Waals surface area contributed by atoms with Crippen molar-refractivity contribution in [3.05, 3.63) is 35.9 Å². The average molecular weight is 262 g/mol. The van der Waals surface area contributed by atoms with E-state index in [1.807, 2.05) is 0 Å². The Hall–Kier alpha value is -0.900. The van der Waals surface area contributed by atoms with Crippen LogP contribution < -0.4 is 0 Å². The predicted molar refractivity (Wildman–Crippen MR) is 79.1 cm³/mol. The monoisotopic (exact) mass is 262 g/mol. The summed E-state index contributed by atoms with van der Waals surface area (Å²) in [5.74, 6) is 0. The number of likely N-dealkylation sites (tertiary alicyclic amines) is 1. The quantitative estimate of drug-likeness (QED) is 0.814. The summed E-state index contributed by atoms with van der Waals surface area (Å²) in [6, 6.07) is 11.3. The fraction of sp³-hybridized carbons (Fsp3) is 0.625. The molecule has 1 aliphatic rings. The van der Waals surface area contributed by atoms with Crippen LogP contribution in [-0.4, -0.2) is 53.7 Å². The summed E-state index contributed by atoms with van der Waals surface area (Å²) < 4.78 is 0. The lowest BCUT2D eigenvalue weighted by atomic mass is 10.1. The van der Waals surface area contributed by atoms with E-state index in [9.17, 15) is 0 Å². The Balaban J connectivity index is 1.88. The smallest absolute Gasteiger partial charge is 0.0558 e. The summed E-state index contributed by atoms with van der Waals surface area (Å²) >= 11 is 0. The molecular formula is C16H26N2O. The first kappa shape index (κ1) is 14.5. The van der Waals surface area contributed by atoms with Crippen molar-refractivity contribution >= 4 is 0 Å². The molecule has 1 N–H and O–H groups in total. The maximum Gasteiger partial charge on any atom is 0.0558 e. The minimum absolute atomic E-state index is 0.279. The summed E-state index contributed by atoms with van der Waals surface area (Å²) in [5.41, 5.74) is 1.39. The summed E-state index contributed by atoms with van der Waals surface area (Å²) in [7, 11) is 0. The van der Waals surface area contributed by atoms with Gasteiger partial charge in [-0.1, -0.05) is 37.3 Å². The van der Waals surface area contributed by atoms with Gasteiger partial charge in [0.2, 0.25) is 0 Å². The van der Waals surface area contributed by atoms with Crippen molar-refractivity contribution in [3.8, 4) is 0 Å². The first-order valence-corrected chi connectivity index (χ1v) is 7.44. The third kappa shape index (κ3) is 4.30. The number of hydrogen-bond acceptors (Lipinski definition) is 3. The highest BCUT2D eigenvalue weighted by molar-refractivity contribution is 5.14. The minimum atomic E-state index is 0.279. The van der Waals surface area contributed by atoms with E-state index in [1.54, 1.807) is 0 Å². The molecule has 3 heteroatoms. The zero-order chi connectivity index (χ0) is 13.5. The molecule has 0 saturated carbocycles. The highest BCUT2D eigenvalue weighted by Gasteiger charge is 2.25. The molecule has 1 heterocycles. The zero-order valence-corrected chi connectivity index (χ0v) is 12.0. The highest BCUT2D eigenvalue weighted by Crippen LogP contribution is 2.18. The number of benzene rings is 1. The predicted octanol–water partition coefficient (Wildman–Crippen LogP) is 1.97. The second-order valence-electron chi connectivity index (χ2n) is 5.37.